The highest BCUT2D eigenvalue weighted by Gasteiger charge is 2.54. The standard InChI is InChI=1S/C29H40N4O4S/c1-17(27(36)33-14-12-32(4)13-15-33)21-10-11-29(3)16-22-24(18(2)23(29)25(21)34)30-28(38-22)31-26(35)19-6-8-20(37-5)9-7-19/h6-9,17-18,21,23,25,34H,10-16H2,1-5H3,(H,30,31,35)/p+1/t17-,18-,21+,23+,25-,29-/m0/s1. The SMILES string of the molecule is COc1ccc(C(=O)Nc2nc3c(s2)C[C@]2(C)CC[C@H]([C@H](C)C(=O)N4CC[NH+](C)CC4)[C@H](O)[C@H]2[C@@H]3C)cc1. The Balaban J connectivity index is 1.31. The number of hydrogen-bond acceptors (Lipinski definition) is 6. The Kier molecular flexibility index (Phi) is 7.55. The average Bonchev–Trinajstić information content (AvgIpc) is 3.30. The van der Waals surface area contributed by atoms with Gasteiger partial charge in [0.1, 0.15) is 5.75 Å². The van der Waals surface area contributed by atoms with Crippen molar-refractivity contribution in [2.45, 2.75) is 52.1 Å². The first-order valence-electron chi connectivity index (χ1n) is 13.8. The van der Waals surface area contributed by atoms with Crippen molar-refractivity contribution in [2.75, 3.05) is 45.7 Å². The van der Waals surface area contributed by atoms with E-state index in [9.17, 15) is 14.7 Å². The van der Waals surface area contributed by atoms with E-state index in [2.05, 4.69) is 26.2 Å². The second kappa shape index (κ2) is 10.6. The Morgan fingerprint density at radius 2 is 1.95 bits per heavy atom. The summed E-state index contributed by atoms with van der Waals surface area (Å²) in [5.74, 6) is 0.501. The van der Waals surface area contributed by atoms with E-state index in [1.54, 1.807) is 42.7 Å². The second-order valence-corrected chi connectivity index (χ2v) is 13.0. The molecule has 206 valence electrons. The molecule has 2 heterocycles. The smallest absolute Gasteiger partial charge is 0.257 e. The molecule has 2 fully saturated rings. The highest BCUT2D eigenvalue weighted by Crippen LogP contribution is 2.57. The molecule has 0 radical (unpaired) electrons. The molecule has 3 N–H and O–H groups in total. The minimum atomic E-state index is -0.562. The molecule has 0 spiro atoms. The maximum atomic E-state index is 13.4. The van der Waals surface area contributed by atoms with Gasteiger partial charge >= 0.3 is 0 Å². The van der Waals surface area contributed by atoms with Crippen LogP contribution in [0.3, 0.4) is 0 Å². The molecule has 2 aromatic rings. The minimum absolute atomic E-state index is 0.0215. The number of nitrogens with zero attached hydrogens (tertiary/aromatic N) is 2. The van der Waals surface area contributed by atoms with Crippen LogP contribution in [-0.2, 0) is 11.2 Å². The highest BCUT2D eigenvalue weighted by molar-refractivity contribution is 7.15. The lowest BCUT2D eigenvalue weighted by atomic mass is 9.53. The van der Waals surface area contributed by atoms with Gasteiger partial charge in [0.25, 0.3) is 5.91 Å². The van der Waals surface area contributed by atoms with Gasteiger partial charge in [0.2, 0.25) is 5.91 Å². The number of piperazine rings is 1. The van der Waals surface area contributed by atoms with Gasteiger partial charge in [0.15, 0.2) is 5.13 Å². The lowest BCUT2D eigenvalue weighted by Gasteiger charge is -2.53. The van der Waals surface area contributed by atoms with Crippen LogP contribution in [0.2, 0.25) is 0 Å². The largest absolute Gasteiger partial charge is 0.497 e. The number of aliphatic hydroxyl groups is 1. The first-order chi connectivity index (χ1) is 18.1. The van der Waals surface area contributed by atoms with Crippen LogP contribution >= 0.6 is 11.3 Å². The van der Waals surface area contributed by atoms with Gasteiger partial charge in [-0.15, -0.1) is 11.3 Å². The van der Waals surface area contributed by atoms with Crippen molar-refractivity contribution in [3.63, 3.8) is 0 Å². The Labute approximate surface area is 229 Å². The molecule has 1 aromatic heterocycles. The zero-order valence-electron chi connectivity index (χ0n) is 23.1. The number of fused-ring (bicyclic) bond motifs is 2. The van der Waals surface area contributed by atoms with E-state index in [0.717, 1.165) is 51.1 Å². The van der Waals surface area contributed by atoms with Crippen LogP contribution in [0.1, 0.15) is 60.5 Å². The summed E-state index contributed by atoms with van der Waals surface area (Å²) in [4.78, 5) is 35.7. The fourth-order valence-corrected chi connectivity index (χ4v) is 8.35. The molecule has 9 heteroatoms. The molecule has 8 nitrogen and oxygen atoms in total. The lowest BCUT2D eigenvalue weighted by Crippen LogP contribution is -3.12. The number of nitrogens with one attached hydrogen (secondary N) is 2. The summed E-state index contributed by atoms with van der Waals surface area (Å²) < 4.78 is 5.18. The fraction of sp³-hybridized carbons (Fsp3) is 0.621. The highest BCUT2D eigenvalue weighted by atomic mass is 32.1. The van der Waals surface area contributed by atoms with Crippen molar-refractivity contribution in [2.24, 2.45) is 23.2 Å². The summed E-state index contributed by atoms with van der Waals surface area (Å²) in [6.07, 6.45) is 2.09. The number of ether oxygens (including phenoxy) is 1. The van der Waals surface area contributed by atoms with E-state index < -0.39 is 6.10 Å². The third kappa shape index (κ3) is 4.96. The van der Waals surface area contributed by atoms with E-state index in [4.69, 9.17) is 9.72 Å². The third-order valence-electron chi connectivity index (χ3n) is 9.46. The van der Waals surface area contributed by atoms with Gasteiger partial charge in [-0.1, -0.05) is 20.8 Å². The monoisotopic (exact) mass is 541 g/mol. The van der Waals surface area contributed by atoms with Crippen molar-refractivity contribution in [1.82, 2.24) is 9.88 Å². The average molecular weight is 542 g/mol. The number of carbonyl (C=O) groups excluding carboxylic acids is 2. The van der Waals surface area contributed by atoms with Gasteiger partial charge in [-0.3, -0.25) is 14.9 Å². The number of rotatable bonds is 5. The molecule has 1 saturated heterocycles. The van der Waals surface area contributed by atoms with Gasteiger partial charge in [-0.05, 0) is 60.8 Å². The summed E-state index contributed by atoms with van der Waals surface area (Å²) in [6, 6.07) is 7.01. The summed E-state index contributed by atoms with van der Waals surface area (Å²) in [5.41, 5.74) is 1.46. The molecule has 6 atom stereocenters. The molecule has 1 saturated carbocycles. The number of methoxy groups -OCH3 is 1. The number of quaternary nitrogens is 1. The first kappa shape index (κ1) is 27.1. The number of benzene rings is 1. The van der Waals surface area contributed by atoms with Crippen LogP contribution < -0.4 is 15.0 Å². The van der Waals surface area contributed by atoms with Gasteiger partial charge < -0.3 is 19.6 Å². The Morgan fingerprint density at radius 1 is 1.26 bits per heavy atom. The summed E-state index contributed by atoms with van der Waals surface area (Å²) in [6.45, 7) is 9.99. The zero-order chi connectivity index (χ0) is 27.2. The molecule has 1 aromatic carbocycles. The maximum Gasteiger partial charge on any atom is 0.257 e. The molecule has 38 heavy (non-hydrogen) atoms. The van der Waals surface area contributed by atoms with E-state index in [1.807, 2.05) is 11.8 Å². The fourth-order valence-electron chi connectivity index (χ4n) is 7.09. The van der Waals surface area contributed by atoms with E-state index >= 15 is 0 Å². The minimum Gasteiger partial charge on any atom is -0.497 e. The number of hydrogen-bond donors (Lipinski definition) is 3. The Hall–Kier alpha value is -2.49. The van der Waals surface area contributed by atoms with Crippen LogP contribution in [-0.4, -0.2) is 73.2 Å². The Bertz CT molecular complexity index is 1180. The van der Waals surface area contributed by atoms with Crippen LogP contribution in [0, 0.1) is 23.2 Å². The van der Waals surface area contributed by atoms with Gasteiger partial charge in [0.05, 0.1) is 52.1 Å². The van der Waals surface area contributed by atoms with Gasteiger partial charge in [-0.25, -0.2) is 4.98 Å². The summed E-state index contributed by atoms with van der Waals surface area (Å²) in [5, 5.41) is 15.3. The number of aliphatic hydroxyl groups excluding tert-OH is 1. The Morgan fingerprint density at radius 3 is 2.61 bits per heavy atom. The zero-order valence-corrected chi connectivity index (χ0v) is 23.9. The summed E-state index contributed by atoms with van der Waals surface area (Å²) in [7, 11) is 3.77. The van der Waals surface area contributed by atoms with Crippen molar-refractivity contribution >= 4 is 28.3 Å². The maximum absolute atomic E-state index is 13.4. The number of thiazole rings is 1. The van der Waals surface area contributed by atoms with E-state index in [-0.39, 0.29) is 40.9 Å². The predicted molar refractivity (Wildman–Crippen MR) is 148 cm³/mol. The predicted octanol–water partition coefficient (Wildman–Crippen LogP) is 2.45. The third-order valence-corrected chi connectivity index (χ3v) is 10.4. The van der Waals surface area contributed by atoms with Crippen molar-refractivity contribution in [1.29, 1.82) is 0 Å². The van der Waals surface area contributed by atoms with Crippen LogP contribution in [0.15, 0.2) is 24.3 Å². The lowest BCUT2D eigenvalue weighted by molar-refractivity contribution is -0.883. The molecule has 3 aliphatic rings. The van der Waals surface area contributed by atoms with Crippen molar-refractivity contribution < 1.29 is 24.3 Å². The number of anilines is 1. The number of likely N-dealkylation sites (N-methyl/N-ethyl adjacent to an activating group) is 1. The molecular weight excluding hydrogens is 500 g/mol. The van der Waals surface area contributed by atoms with Crippen LogP contribution in [0.25, 0.3) is 0 Å². The van der Waals surface area contributed by atoms with Crippen molar-refractivity contribution in [3.8, 4) is 5.75 Å². The molecule has 0 unspecified atom stereocenters. The summed E-state index contributed by atoms with van der Waals surface area (Å²) >= 11 is 1.54. The molecule has 2 amide bonds. The molecular formula is C29H41N4O4S+. The van der Waals surface area contributed by atoms with Crippen LogP contribution in [0.4, 0.5) is 5.13 Å². The first-order valence-corrected chi connectivity index (χ1v) is 14.7. The van der Waals surface area contributed by atoms with Crippen molar-refractivity contribution in [3.05, 3.63) is 40.4 Å². The van der Waals surface area contributed by atoms with E-state index in [1.165, 1.54) is 9.78 Å². The number of carbonyl (C=O) groups is 2. The van der Waals surface area contributed by atoms with Crippen LogP contribution in [0.5, 0.6) is 5.75 Å². The molecule has 1 aliphatic heterocycles. The topological polar surface area (TPSA) is 96.2 Å². The van der Waals surface area contributed by atoms with E-state index in [0.29, 0.717) is 16.4 Å². The number of amides is 2. The number of aromatic nitrogens is 1. The molecule has 0 bridgehead atoms. The normalized spacial score (nSPS) is 30.2. The van der Waals surface area contributed by atoms with Gasteiger partial charge in [0, 0.05) is 22.3 Å². The molecule has 5 rings (SSSR count). The molecule has 2 aliphatic carbocycles. The quantitative estimate of drug-likeness (QED) is 0.541. The second-order valence-electron chi connectivity index (χ2n) is 11.9. The van der Waals surface area contributed by atoms with Gasteiger partial charge in [-0.2, -0.15) is 0 Å².